The topological polar surface area (TPSA) is 12.0 Å². The molecule has 1 nitrogen and oxygen atoms in total. The van der Waals surface area contributed by atoms with Crippen LogP contribution in [0.3, 0.4) is 0 Å². The van der Waals surface area contributed by atoms with Gasteiger partial charge in [0.15, 0.2) is 0 Å². The highest BCUT2D eigenvalue weighted by Crippen LogP contribution is 2.39. The van der Waals surface area contributed by atoms with E-state index >= 15 is 0 Å². The van der Waals surface area contributed by atoms with Crippen LogP contribution in [0.1, 0.15) is 18.4 Å². The first-order chi connectivity index (χ1) is 9.28. The molecule has 1 aliphatic rings. The van der Waals surface area contributed by atoms with E-state index in [0.717, 1.165) is 19.3 Å². The summed E-state index contributed by atoms with van der Waals surface area (Å²) in [6.45, 7) is 7.83. The molecule has 0 fully saturated rings. The first-order valence-electron chi connectivity index (χ1n) is 6.79. The van der Waals surface area contributed by atoms with Crippen molar-refractivity contribution >= 4 is 16.5 Å². The van der Waals surface area contributed by atoms with Crippen LogP contribution in [0, 0.1) is 0 Å². The molecule has 0 bridgehead atoms. The average molecular weight is 249 g/mol. The highest BCUT2D eigenvalue weighted by molar-refractivity contribution is 5.98. The van der Waals surface area contributed by atoms with Crippen molar-refractivity contribution in [2.75, 3.05) is 5.32 Å². The molecule has 2 aromatic rings. The van der Waals surface area contributed by atoms with Gasteiger partial charge in [0.1, 0.15) is 0 Å². The molecule has 0 radical (unpaired) electrons. The standard InChI is InChI=1S/C18H19N/c1-3-11-18(12-4-2)13-15-9-5-7-14-8-6-10-16(19-18)17(14)15/h3-10,19H,1-2,11-13H2. The van der Waals surface area contributed by atoms with Crippen LogP contribution >= 0.6 is 0 Å². The van der Waals surface area contributed by atoms with E-state index in [1.807, 2.05) is 12.2 Å². The van der Waals surface area contributed by atoms with Crippen LogP contribution in [-0.2, 0) is 6.42 Å². The van der Waals surface area contributed by atoms with Gasteiger partial charge in [0.25, 0.3) is 0 Å². The molecule has 0 unspecified atom stereocenters. The molecule has 0 spiro atoms. The second kappa shape index (κ2) is 4.58. The summed E-state index contributed by atoms with van der Waals surface area (Å²) < 4.78 is 0. The lowest BCUT2D eigenvalue weighted by Gasteiger charge is -2.39. The second-order valence-corrected chi connectivity index (χ2v) is 5.39. The maximum atomic E-state index is 3.91. The van der Waals surface area contributed by atoms with Crippen molar-refractivity contribution < 1.29 is 0 Å². The van der Waals surface area contributed by atoms with Gasteiger partial charge in [0.2, 0.25) is 0 Å². The Hall–Kier alpha value is -2.02. The van der Waals surface area contributed by atoms with Crippen LogP contribution in [0.2, 0.25) is 0 Å². The van der Waals surface area contributed by atoms with Crippen molar-refractivity contribution in [3.63, 3.8) is 0 Å². The highest BCUT2D eigenvalue weighted by atomic mass is 15.0. The van der Waals surface area contributed by atoms with Crippen molar-refractivity contribution in [3.05, 3.63) is 67.3 Å². The predicted molar refractivity (Wildman–Crippen MR) is 83.6 cm³/mol. The Labute approximate surface area is 114 Å². The zero-order valence-corrected chi connectivity index (χ0v) is 11.2. The third kappa shape index (κ3) is 1.95. The second-order valence-electron chi connectivity index (χ2n) is 5.39. The van der Waals surface area contributed by atoms with Crippen molar-refractivity contribution in [1.82, 2.24) is 0 Å². The molecule has 0 atom stereocenters. The van der Waals surface area contributed by atoms with Crippen LogP contribution in [0.5, 0.6) is 0 Å². The Kier molecular flexibility index (Phi) is 2.90. The van der Waals surface area contributed by atoms with Gasteiger partial charge in [0.05, 0.1) is 0 Å². The third-order valence-electron chi connectivity index (χ3n) is 3.99. The van der Waals surface area contributed by atoms with E-state index in [0.29, 0.717) is 0 Å². The molecule has 1 heteroatoms. The fourth-order valence-electron chi connectivity index (χ4n) is 3.25. The molecule has 0 aliphatic carbocycles. The number of anilines is 1. The molecule has 1 N–H and O–H groups in total. The van der Waals surface area contributed by atoms with E-state index < -0.39 is 0 Å². The SMILES string of the molecule is C=CCC1(CC=C)Cc2cccc3cccc(c23)N1. The summed E-state index contributed by atoms with van der Waals surface area (Å²) in [5.41, 5.74) is 2.70. The molecule has 1 aliphatic heterocycles. The van der Waals surface area contributed by atoms with E-state index in [4.69, 9.17) is 0 Å². The third-order valence-corrected chi connectivity index (χ3v) is 3.99. The molecule has 2 aromatic carbocycles. The quantitative estimate of drug-likeness (QED) is 0.774. The first-order valence-corrected chi connectivity index (χ1v) is 6.79. The van der Waals surface area contributed by atoms with Gasteiger partial charge in [-0.15, -0.1) is 13.2 Å². The molecular formula is C18H19N. The van der Waals surface area contributed by atoms with Gasteiger partial charge in [-0.2, -0.15) is 0 Å². The van der Waals surface area contributed by atoms with E-state index in [9.17, 15) is 0 Å². The van der Waals surface area contributed by atoms with E-state index in [1.54, 1.807) is 0 Å². The number of hydrogen-bond donors (Lipinski definition) is 1. The Balaban J connectivity index is 2.15. The van der Waals surface area contributed by atoms with Gasteiger partial charge < -0.3 is 5.32 Å². The van der Waals surface area contributed by atoms with E-state index in [1.165, 1.54) is 22.0 Å². The van der Waals surface area contributed by atoms with Gasteiger partial charge in [-0.1, -0.05) is 42.5 Å². The zero-order valence-electron chi connectivity index (χ0n) is 11.2. The lowest BCUT2D eigenvalue weighted by Crippen LogP contribution is -2.42. The Morgan fingerprint density at radius 2 is 1.74 bits per heavy atom. The molecule has 1 heterocycles. The summed E-state index contributed by atoms with van der Waals surface area (Å²) in [7, 11) is 0. The number of nitrogens with one attached hydrogen (secondary N) is 1. The maximum absolute atomic E-state index is 3.91. The molecule has 3 rings (SSSR count). The van der Waals surface area contributed by atoms with E-state index in [2.05, 4.69) is 54.9 Å². The minimum Gasteiger partial charge on any atom is -0.378 e. The van der Waals surface area contributed by atoms with Crippen molar-refractivity contribution in [1.29, 1.82) is 0 Å². The first kappa shape index (κ1) is 12.0. The monoisotopic (exact) mass is 249 g/mol. The average Bonchev–Trinajstić information content (AvgIpc) is 2.39. The van der Waals surface area contributed by atoms with E-state index in [-0.39, 0.29) is 5.54 Å². The summed E-state index contributed by atoms with van der Waals surface area (Å²) in [6, 6.07) is 13.0. The summed E-state index contributed by atoms with van der Waals surface area (Å²) >= 11 is 0. The normalized spacial score (nSPS) is 15.8. The van der Waals surface area contributed by atoms with Gasteiger partial charge in [-0.25, -0.2) is 0 Å². The van der Waals surface area contributed by atoms with Crippen LogP contribution in [-0.4, -0.2) is 5.54 Å². The molecule has 0 aromatic heterocycles. The summed E-state index contributed by atoms with van der Waals surface area (Å²) in [6.07, 6.45) is 6.93. The lowest BCUT2D eigenvalue weighted by molar-refractivity contribution is 0.470. The van der Waals surface area contributed by atoms with Crippen LogP contribution in [0.15, 0.2) is 61.7 Å². The van der Waals surface area contributed by atoms with Crippen LogP contribution < -0.4 is 5.32 Å². The Morgan fingerprint density at radius 1 is 1.05 bits per heavy atom. The lowest BCUT2D eigenvalue weighted by atomic mass is 9.79. The molecule has 0 amide bonds. The summed E-state index contributed by atoms with van der Waals surface area (Å²) in [4.78, 5) is 0. The van der Waals surface area contributed by atoms with Crippen molar-refractivity contribution in [2.24, 2.45) is 0 Å². The predicted octanol–water partition coefficient (Wildman–Crippen LogP) is 4.70. The van der Waals surface area contributed by atoms with Gasteiger partial charge >= 0.3 is 0 Å². The largest absolute Gasteiger partial charge is 0.378 e. The summed E-state index contributed by atoms with van der Waals surface area (Å²) in [5.74, 6) is 0. The van der Waals surface area contributed by atoms with Crippen LogP contribution in [0.4, 0.5) is 5.69 Å². The molecule has 96 valence electrons. The molecule has 19 heavy (non-hydrogen) atoms. The zero-order chi connectivity index (χ0) is 13.3. The number of rotatable bonds is 4. The van der Waals surface area contributed by atoms with Gasteiger partial charge in [-0.05, 0) is 36.3 Å². The van der Waals surface area contributed by atoms with Crippen LogP contribution in [0.25, 0.3) is 10.8 Å². The minimum absolute atomic E-state index is 0.0339. The fraction of sp³-hybridized carbons (Fsp3) is 0.222. The Bertz CT molecular complexity index is 586. The number of benzene rings is 2. The molecular weight excluding hydrogens is 230 g/mol. The smallest absolute Gasteiger partial charge is 0.0482 e. The van der Waals surface area contributed by atoms with Crippen molar-refractivity contribution in [2.45, 2.75) is 24.8 Å². The van der Waals surface area contributed by atoms with Gasteiger partial charge in [0, 0.05) is 16.6 Å². The van der Waals surface area contributed by atoms with Crippen molar-refractivity contribution in [3.8, 4) is 0 Å². The minimum atomic E-state index is 0.0339. The Morgan fingerprint density at radius 3 is 2.42 bits per heavy atom. The highest BCUT2D eigenvalue weighted by Gasteiger charge is 2.32. The summed E-state index contributed by atoms with van der Waals surface area (Å²) in [5, 5.41) is 6.42. The molecule has 0 saturated heterocycles. The molecule has 0 saturated carbocycles. The maximum Gasteiger partial charge on any atom is 0.0482 e. The fourth-order valence-corrected chi connectivity index (χ4v) is 3.25. The number of hydrogen-bond acceptors (Lipinski definition) is 1. The van der Waals surface area contributed by atoms with Gasteiger partial charge in [-0.3, -0.25) is 0 Å².